The van der Waals surface area contributed by atoms with Crippen LogP contribution in [0, 0.1) is 13.8 Å². The molecule has 0 aliphatic heterocycles. The molecule has 23 heavy (non-hydrogen) atoms. The lowest BCUT2D eigenvalue weighted by Gasteiger charge is -2.13. The second-order valence-corrected chi connectivity index (χ2v) is 6.16. The van der Waals surface area contributed by atoms with Gasteiger partial charge in [0.2, 0.25) is 0 Å². The molecule has 0 unspecified atom stereocenters. The number of nitrogens with one attached hydrogen (secondary N) is 2. The molecule has 2 amide bonds. The molecule has 1 aliphatic carbocycles. The van der Waals surface area contributed by atoms with Gasteiger partial charge in [0.1, 0.15) is 12.4 Å². The molecule has 2 rings (SSSR count). The highest BCUT2D eigenvalue weighted by Gasteiger charge is 2.05. The lowest BCUT2D eigenvalue weighted by molar-refractivity contribution is 0.236. The van der Waals surface area contributed by atoms with Gasteiger partial charge >= 0.3 is 6.03 Å². The summed E-state index contributed by atoms with van der Waals surface area (Å²) in [6.45, 7) is 5.77. The van der Waals surface area contributed by atoms with E-state index in [1.807, 2.05) is 19.1 Å². The van der Waals surface area contributed by atoms with Crippen LogP contribution in [0.25, 0.3) is 0 Å². The van der Waals surface area contributed by atoms with E-state index in [1.54, 1.807) is 0 Å². The van der Waals surface area contributed by atoms with E-state index in [9.17, 15) is 4.79 Å². The number of ether oxygens (including phenoxy) is 1. The van der Waals surface area contributed by atoms with Crippen LogP contribution in [-0.2, 0) is 0 Å². The first-order chi connectivity index (χ1) is 11.1. The van der Waals surface area contributed by atoms with E-state index in [0.29, 0.717) is 19.7 Å². The first kappa shape index (κ1) is 17.4. The number of hydrogen-bond donors (Lipinski definition) is 2. The van der Waals surface area contributed by atoms with Crippen molar-refractivity contribution in [3.05, 3.63) is 41.0 Å². The molecule has 0 bridgehead atoms. The predicted molar refractivity (Wildman–Crippen MR) is 94.0 cm³/mol. The Morgan fingerprint density at radius 2 is 2.00 bits per heavy atom. The Morgan fingerprint density at radius 3 is 2.74 bits per heavy atom. The minimum absolute atomic E-state index is 0.120. The minimum Gasteiger partial charge on any atom is -0.491 e. The summed E-state index contributed by atoms with van der Waals surface area (Å²) in [4.78, 5) is 11.7. The average Bonchev–Trinajstić information content (AvgIpc) is 2.54. The molecule has 0 heterocycles. The van der Waals surface area contributed by atoms with Gasteiger partial charge in [-0.2, -0.15) is 0 Å². The molecule has 0 fully saturated rings. The SMILES string of the molecule is Cc1ccc(OCCNC(=O)NCCC2=CCCCC2)c(C)c1. The zero-order valence-electron chi connectivity index (χ0n) is 14.3. The Kier molecular flexibility index (Phi) is 6.98. The van der Waals surface area contributed by atoms with Crippen molar-refractivity contribution in [2.75, 3.05) is 19.7 Å². The summed E-state index contributed by atoms with van der Waals surface area (Å²) < 4.78 is 5.69. The monoisotopic (exact) mass is 316 g/mol. The van der Waals surface area contributed by atoms with Crippen LogP contribution < -0.4 is 15.4 Å². The largest absolute Gasteiger partial charge is 0.491 e. The minimum atomic E-state index is -0.120. The van der Waals surface area contributed by atoms with Gasteiger partial charge in [0, 0.05) is 6.54 Å². The topological polar surface area (TPSA) is 50.4 Å². The smallest absolute Gasteiger partial charge is 0.314 e. The predicted octanol–water partition coefficient (Wildman–Crippen LogP) is 3.87. The molecule has 4 heteroatoms. The maximum absolute atomic E-state index is 11.7. The number of rotatable bonds is 7. The van der Waals surface area contributed by atoms with Crippen molar-refractivity contribution >= 4 is 6.03 Å². The van der Waals surface area contributed by atoms with Gasteiger partial charge in [0.05, 0.1) is 6.54 Å². The summed E-state index contributed by atoms with van der Waals surface area (Å²) in [6.07, 6.45) is 8.25. The molecule has 1 aromatic rings. The fraction of sp³-hybridized carbons (Fsp3) is 0.526. The highest BCUT2D eigenvalue weighted by molar-refractivity contribution is 5.73. The quantitative estimate of drug-likeness (QED) is 0.592. The van der Waals surface area contributed by atoms with Gasteiger partial charge in [-0.25, -0.2) is 4.79 Å². The van der Waals surface area contributed by atoms with Crippen LogP contribution >= 0.6 is 0 Å². The van der Waals surface area contributed by atoms with Crippen LogP contribution in [0.2, 0.25) is 0 Å². The number of carbonyl (C=O) groups is 1. The van der Waals surface area contributed by atoms with Crippen molar-refractivity contribution in [2.24, 2.45) is 0 Å². The Morgan fingerprint density at radius 1 is 1.17 bits per heavy atom. The van der Waals surface area contributed by atoms with Crippen LogP contribution in [0.4, 0.5) is 4.79 Å². The van der Waals surface area contributed by atoms with E-state index >= 15 is 0 Å². The number of benzene rings is 1. The van der Waals surface area contributed by atoms with Gasteiger partial charge in [0.25, 0.3) is 0 Å². The summed E-state index contributed by atoms with van der Waals surface area (Å²) in [7, 11) is 0. The number of hydrogen-bond acceptors (Lipinski definition) is 2. The maximum Gasteiger partial charge on any atom is 0.314 e. The lowest BCUT2D eigenvalue weighted by atomic mass is 9.97. The third-order valence-electron chi connectivity index (χ3n) is 4.09. The van der Waals surface area contributed by atoms with Crippen LogP contribution in [0.15, 0.2) is 29.8 Å². The summed E-state index contributed by atoms with van der Waals surface area (Å²) in [5.41, 5.74) is 3.82. The van der Waals surface area contributed by atoms with Gasteiger partial charge in [-0.15, -0.1) is 0 Å². The number of amides is 2. The standard InChI is InChI=1S/C19H28N2O2/c1-15-8-9-18(16(2)14-15)23-13-12-21-19(22)20-11-10-17-6-4-3-5-7-17/h6,8-9,14H,3-5,7,10-13H2,1-2H3,(H2,20,21,22). The van der Waals surface area contributed by atoms with Gasteiger partial charge in [0.15, 0.2) is 0 Å². The summed E-state index contributed by atoms with van der Waals surface area (Å²) in [5.74, 6) is 0.877. The van der Waals surface area contributed by atoms with Crippen LogP contribution in [0.1, 0.15) is 43.2 Å². The molecule has 0 saturated carbocycles. The maximum atomic E-state index is 11.7. The van der Waals surface area contributed by atoms with E-state index < -0.39 is 0 Å². The molecule has 1 aliphatic rings. The van der Waals surface area contributed by atoms with Crippen molar-refractivity contribution in [1.82, 2.24) is 10.6 Å². The van der Waals surface area contributed by atoms with Gasteiger partial charge in [-0.05, 0) is 57.6 Å². The van der Waals surface area contributed by atoms with Crippen LogP contribution in [-0.4, -0.2) is 25.7 Å². The Labute approximate surface area is 139 Å². The van der Waals surface area contributed by atoms with Crippen LogP contribution in [0.5, 0.6) is 5.75 Å². The van der Waals surface area contributed by atoms with E-state index in [4.69, 9.17) is 4.74 Å². The molecule has 0 radical (unpaired) electrons. The van der Waals surface area contributed by atoms with Crippen molar-refractivity contribution in [2.45, 2.75) is 46.0 Å². The highest BCUT2D eigenvalue weighted by Crippen LogP contribution is 2.19. The van der Waals surface area contributed by atoms with Gasteiger partial charge in [-0.1, -0.05) is 29.3 Å². The summed E-state index contributed by atoms with van der Waals surface area (Å²) >= 11 is 0. The molecule has 0 aromatic heterocycles. The number of aryl methyl sites for hydroxylation is 2. The molecule has 2 N–H and O–H groups in total. The lowest BCUT2D eigenvalue weighted by Crippen LogP contribution is -2.38. The molecule has 1 aromatic carbocycles. The second kappa shape index (κ2) is 9.23. The molecule has 4 nitrogen and oxygen atoms in total. The first-order valence-corrected chi connectivity index (χ1v) is 8.55. The normalized spacial score (nSPS) is 14.1. The van der Waals surface area contributed by atoms with E-state index in [2.05, 4.69) is 29.7 Å². The van der Waals surface area contributed by atoms with Crippen molar-refractivity contribution in [3.8, 4) is 5.75 Å². The Balaban J connectivity index is 1.56. The molecular formula is C19H28N2O2. The first-order valence-electron chi connectivity index (χ1n) is 8.55. The second-order valence-electron chi connectivity index (χ2n) is 6.16. The van der Waals surface area contributed by atoms with E-state index in [-0.39, 0.29) is 6.03 Å². The number of allylic oxidation sites excluding steroid dienone is 1. The van der Waals surface area contributed by atoms with Crippen molar-refractivity contribution < 1.29 is 9.53 Å². The van der Waals surface area contributed by atoms with Gasteiger partial charge in [-0.3, -0.25) is 0 Å². The summed E-state index contributed by atoms with van der Waals surface area (Å²) in [6, 6.07) is 5.98. The molecule has 0 spiro atoms. The molecule has 0 atom stereocenters. The van der Waals surface area contributed by atoms with Crippen LogP contribution in [0.3, 0.4) is 0 Å². The number of urea groups is 1. The zero-order chi connectivity index (χ0) is 16.5. The zero-order valence-corrected chi connectivity index (χ0v) is 14.3. The van der Waals surface area contributed by atoms with E-state index in [1.165, 1.54) is 36.8 Å². The van der Waals surface area contributed by atoms with E-state index in [0.717, 1.165) is 17.7 Å². The third kappa shape index (κ3) is 6.35. The van der Waals surface area contributed by atoms with Crippen molar-refractivity contribution in [3.63, 3.8) is 0 Å². The number of carbonyl (C=O) groups excluding carboxylic acids is 1. The Hall–Kier alpha value is -1.97. The fourth-order valence-corrected chi connectivity index (χ4v) is 2.82. The third-order valence-corrected chi connectivity index (χ3v) is 4.09. The fourth-order valence-electron chi connectivity index (χ4n) is 2.82. The average molecular weight is 316 g/mol. The van der Waals surface area contributed by atoms with Gasteiger partial charge < -0.3 is 15.4 Å². The van der Waals surface area contributed by atoms with Crippen molar-refractivity contribution in [1.29, 1.82) is 0 Å². The highest BCUT2D eigenvalue weighted by atomic mass is 16.5. The Bertz CT molecular complexity index is 552. The molecular weight excluding hydrogens is 288 g/mol. The molecule has 0 saturated heterocycles. The summed E-state index contributed by atoms with van der Waals surface area (Å²) in [5, 5.41) is 5.73. The molecule has 126 valence electrons.